The Morgan fingerprint density at radius 2 is 2.15 bits per heavy atom. The SMILES string of the molecule is CCCCS(=O)CSc1ccc(-c2ccc3c(c2)CN(C)C3=O)nc1C#N. The molecule has 0 N–H and O–H groups in total. The lowest BCUT2D eigenvalue weighted by Crippen LogP contribution is -2.17. The molecule has 0 aliphatic carbocycles. The Morgan fingerprint density at radius 1 is 1.33 bits per heavy atom. The van der Waals surface area contributed by atoms with E-state index in [-0.39, 0.29) is 5.91 Å². The number of pyridine rings is 1. The molecule has 3 rings (SSSR count). The highest BCUT2D eigenvalue weighted by molar-refractivity contribution is 8.10. The number of carbonyl (C=O) groups is 1. The maximum Gasteiger partial charge on any atom is 0.254 e. The van der Waals surface area contributed by atoms with Crippen LogP contribution in [0.5, 0.6) is 0 Å². The minimum atomic E-state index is -0.890. The first-order valence-corrected chi connectivity index (χ1v) is 11.3. The summed E-state index contributed by atoms with van der Waals surface area (Å²) in [7, 11) is 0.893. The van der Waals surface area contributed by atoms with Crippen LogP contribution in [0.3, 0.4) is 0 Å². The summed E-state index contributed by atoms with van der Waals surface area (Å²) in [6.45, 7) is 2.66. The van der Waals surface area contributed by atoms with E-state index in [4.69, 9.17) is 0 Å². The molecule has 140 valence electrons. The van der Waals surface area contributed by atoms with Gasteiger partial charge >= 0.3 is 0 Å². The van der Waals surface area contributed by atoms with Crippen molar-refractivity contribution in [1.29, 1.82) is 5.26 Å². The second-order valence-corrected chi connectivity index (χ2v) is 9.41. The van der Waals surface area contributed by atoms with Gasteiger partial charge in [0.05, 0.1) is 10.8 Å². The van der Waals surface area contributed by atoms with E-state index in [2.05, 4.69) is 18.0 Å². The largest absolute Gasteiger partial charge is 0.337 e. The normalized spacial score (nSPS) is 14.1. The van der Waals surface area contributed by atoms with Gasteiger partial charge in [-0.2, -0.15) is 5.26 Å². The molecule has 1 amide bonds. The summed E-state index contributed by atoms with van der Waals surface area (Å²) >= 11 is 1.42. The number of nitriles is 1. The summed E-state index contributed by atoms with van der Waals surface area (Å²) in [6.07, 6.45) is 1.98. The van der Waals surface area contributed by atoms with E-state index >= 15 is 0 Å². The van der Waals surface area contributed by atoms with Gasteiger partial charge < -0.3 is 4.90 Å². The number of benzene rings is 1. The molecule has 7 heteroatoms. The van der Waals surface area contributed by atoms with Crippen LogP contribution in [0.1, 0.15) is 41.4 Å². The van der Waals surface area contributed by atoms with Crippen LogP contribution < -0.4 is 0 Å². The first kappa shape index (κ1) is 19.6. The Labute approximate surface area is 166 Å². The van der Waals surface area contributed by atoms with Crippen LogP contribution in [0.25, 0.3) is 11.3 Å². The van der Waals surface area contributed by atoms with Crippen molar-refractivity contribution in [2.45, 2.75) is 31.2 Å². The number of aromatic nitrogens is 1. The van der Waals surface area contributed by atoms with Crippen LogP contribution in [-0.4, -0.2) is 37.9 Å². The number of hydrogen-bond donors (Lipinski definition) is 0. The molecule has 0 saturated heterocycles. The molecule has 2 heterocycles. The number of carbonyl (C=O) groups excluding carboxylic acids is 1. The zero-order chi connectivity index (χ0) is 19.4. The van der Waals surface area contributed by atoms with Gasteiger partial charge in [0.25, 0.3) is 5.91 Å². The lowest BCUT2D eigenvalue weighted by Gasteiger charge is -2.07. The van der Waals surface area contributed by atoms with Crippen LogP contribution in [0.15, 0.2) is 35.2 Å². The van der Waals surface area contributed by atoms with Crippen molar-refractivity contribution in [3.8, 4) is 17.3 Å². The van der Waals surface area contributed by atoms with Gasteiger partial charge in [-0.15, -0.1) is 11.8 Å². The van der Waals surface area contributed by atoms with Gasteiger partial charge in [0, 0.05) is 46.2 Å². The molecule has 1 aliphatic rings. The molecular weight excluding hydrogens is 378 g/mol. The number of thioether (sulfide) groups is 1. The fourth-order valence-electron chi connectivity index (χ4n) is 2.92. The van der Waals surface area contributed by atoms with Crippen LogP contribution in [0, 0.1) is 11.3 Å². The van der Waals surface area contributed by atoms with Crippen molar-refractivity contribution >= 4 is 28.5 Å². The van der Waals surface area contributed by atoms with Gasteiger partial charge in [0.2, 0.25) is 0 Å². The van der Waals surface area contributed by atoms with Gasteiger partial charge in [-0.05, 0) is 36.2 Å². The zero-order valence-corrected chi connectivity index (χ0v) is 17.0. The minimum Gasteiger partial charge on any atom is -0.337 e. The third-order valence-electron chi connectivity index (χ3n) is 4.42. The maximum absolute atomic E-state index is 12.0. The topological polar surface area (TPSA) is 74.1 Å². The summed E-state index contributed by atoms with van der Waals surface area (Å²) in [5, 5.41) is 9.94. The Hall–Kier alpha value is -2.17. The standard InChI is InChI=1S/C20H21N3O2S2/c1-3-4-9-27(25)13-26-19-8-7-17(22-18(19)11-21)14-5-6-16-15(10-14)12-23(2)20(16)24/h5-8,10H,3-4,9,12-13H2,1-2H3. The van der Waals surface area contributed by atoms with E-state index in [0.717, 1.165) is 34.4 Å². The number of rotatable bonds is 7. The van der Waals surface area contributed by atoms with Crippen molar-refractivity contribution in [1.82, 2.24) is 9.88 Å². The molecule has 0 fully saturated rings. The molecular formula is C20H21N3O2S2. The average Bonchev–Trinajstić information content (AvgIpc) is 2.97. The fourth-order valence-corrected chi connectivity index (χ4v) is 5.43. The quantitative estimate of drug-likeness (QED) is 0.662. The molecule has 0 bridgehead atoms. The van der Waals surface area contributed by atoms with Gasteiger partial charge in [-0.25, -0.2) is 4.98 Å². The smallest absolute Gasteiger partial charge is 0.254 e. The molecule has 0 spiro atoms. The lowest BCUT2D eigenvalue weighted by molar-refractivity contribution is 0.0816. The summed E-state index contributed by atoms with van der Waals surface area (Å²) < 4.78 is 12.0. The van der Waals surface area contributed by atoms with Gasteiger partial charge in [-0.3, -0.25) is 9.00 Å². The number of nitrogens with zero attached hydrogens (tertiary/aromatic N) is 3. The number of fused-ring (bicyclic) bond motifs is 1. The summed E-state index contributed by atoms with van der Waals surface area (Å²) in [5.74, 6) is 0.726. The molecule has 1 aromatic heterocycles. The van der Waals surface area contributed by atoms with E-state index in [0.29, 0.717) is 28.8 Å². The number of unbranched alkanes of at least 4 members (excludes halogenated alkanes) is 1. The number of amides is 1. The zero-order valence-electron chi connectivity index (χ0n) is 15.4. The van der Waals surface area contributed by atoms with E-state index in [9.17, 15) is 14.3 Å². The van der Waals surface area contributed by atoms with E-state index < -0.39 is 10.8 Å². The van der Waals surface area contributed by atoms with E-state index in [1.54, 1.807) is 11.9 Å². The Morgan fingerprint density at radius 3 is 2.89 bits per heavy atom. The maximum atomic E-state index is 12.0. The van der Waals surface area contributed by atoms with Gasteiger partial charge in [-0.1, -0.05) is 19.4 Å². The van der Waals surface area contributed by atoms with Crippen molar-refractivity contribution in [2.75, 3.05) is 17.9 Å². The van der Waals surface area contributed by atoms with Crippen molar-refractivity contribution in [3.05, 3.63) is 47.2 Å². The van der Waals surface area contributed by atoms with Crippen molar-refractivity contribution < 1.29 is 9.00 Å². The van der Waals surface area contributed by atoms with Crippen LogP contribution >= 0.6 is 11.8 Å². The van der Waals surface area contributed by atoms with Crippen LogP contribution in [0.2, 0.25) is 0 Å². The van der Waals surface area contributed by atoms with Crippen LogP contribution in [-0.2, 0) is 17.3 Å². The Balaban J connectivity index is 1.79. The lowest BCUT2D eigenvalue weighted by atomic mass is 10.0. The first-order valence-electron chi connectivity index (χ1n) is 8.81. The highest BCUT2D eigenvalue weighted by atomic mass is 32.2. The summed E-state index contributed by atoms with van der Waals surface area (Å²) in [5.41, 5.74) is 3.64. The highest BCUT2D eigenvalue weighted by Gasteiger charge is 2.24. The third kappa shape index (κ3) is 4.40. The Kier molecular flexibility index (Phi) is 6.30. The molecule has 0 radical (unpaired) electrons. The second-order valence-electron chi connectivity index (χ2n) is 6.45. The van der Waals surface area contributed by atoms with E-state index in [1.165, 1.54) is 11.8 Å². The molecule has 27 heavy (non-hydrogen) atoms. The first-order chi connectivity index (χ1) is 13.0. The molecule has 2 aromatic rings. The fraction of sp³-hybridized carbons (Fsp3) is 0.350. The second kappa shape index (κ2) is 8.68. The molecule has 1 atom stereocenters. The molecule has 5 nitrogen and oxygen atoms in total. The molecule has 1 aromatic carbocycles. The summed E-state index contributed by atoms with van der Waals surface area (Å²) in [6, 6.07) is 11.5. The van der Waals surface area contributed by atoms with E-state index in [1.807, 2.05) is 30.3 Å². The van der Waals surface area contributed by atoms with Crippen molar-refractivity contribution in [2.24, 2.45) is 0 Å². The van der Waals surface area contributed by atoms with Gasteiger partial charge in [0.1, 0.15) is 6.07 Å². The van der Waals surface area contributed by atoms with Crippen molar-refractivity contribution in [3.63, 3.8) is 0 Å². The monoisotopic (exact) mass is 399 g/mol. The summed E-state index contributed by atoms with van der Waals surface area (Å²) in [4.78, 5) is 18.9. The number of hydrogen-bond acceptors (Lipinski definition) is 5. The molecule has 1 unspecified atom stereocenters. The highest BCUT2D eigenvalue weighted by Crippen LogP contribution is 2.29. The van der Waals surface area contributed by atoms with Gasteiger partial charge in [0.15, 0.2) is 5.69 Å². The molecule has 1 aliphatic heterocycles. The molecule has 0 saturated carbocycles. The third-order valence-corrected chi connectivity index (χ3v) is 7.33. The average molecular weight is 400 g/mol. The predicted octanol–water partition coefficient (Wildman–Crippen LogP) is 3.80. The van der Waals surface area contributed by atoms with Crippen LogP contribution in [0.4, 0.5) is 0 Å². The minimum absolute atomic E-state index is 0.0324. The predicted molar refractivity (Wildman–Crippen MR) is 109 cm³/mol. The Bertz CT molecular complexity index is 937.